The molecule has 2 heterocycles. The smallest absolute Gasteiger partial charge is 0.0955 e. The molecule has 0 saturated carbocycles. The lowest BCUT2D eigenvalue weighted by Gasteiger charge is -2.26. The van der Waals surface area contributed by atoms with Gasteiger partial charge in [0.25, 0.3) is 0 Å². The maximum absolute atomic E-state index is 5.41. The van der Waals surface area contributed by atoms with Crippen LogP contribution in [0.3, 0.4) is 0 Å². The molecule has 1 saturated heterocycles. The number of morpholine rings is 1. The quantitative estimate of drug-likeness (QED) is 0.857. The number of benzene rings is 1. The molecule has 2 aromatic rings. The molecule has 1 fully saturated rings. The fourth-order valence-corrected chi connectivity index (χ4v) is 2.73. The number of aryl methyl sites for hydroxylation is 1. The van der Waals surface area contributed by atoms with Crippen LogP contribution < -0.4 is 0 Å². The molecule has 0 spiro atoms. The highest BCUT2D eigenvalue weighted by molar-refractivity contribution is 5.63. The number of hydrogen-bond acceptors (Lipinski definition) is 3. The normalized spacial score (nSPS) is 16.5. The van der Waals surface area contributed by atoms with Gasteiger partial charge in [-0.05, 0) is 12.5 Å². The number of hydrogen-bond donors (Lipinski definition) is 0. The minimum atomic E-state index is 0.836. The Labute approximate surface area is 120 Å². The highest BCUT2D eigenvalue weighted by Gasteiger charge is 2.18. The first kappa shape index (κ1) is 13.3. The monoisotopic (exact) mass is 271 g/mol. The molecule has 106 valence electrons. The van der Waals surface area contributed by atoms with E-state index in [9.17, 15) is 0 Å². The van der Waals surface area contributed by atoms with Gasteiger partial charge in [-0.2, -0.15) is 5.10 Å². The van der Waals surface area contributed by atoms with E-state index in [4.69, 9.17) is 9.84 Å². The van der Waals surface area contributed by atoms with Crippen molar-refractivity contribution in [1.82, 2.24) is 14.7 Å². The van der Waals surface area contributed by atoms with Crippen molar-refractivity contribution in [2.45, 2.75) is 13.5 Å². The minimum Gasteiger partial charge on any atom is -0.379 e. The first-order valence-corrected chi connectivity index (χ1v) is 7.13. The molecule has 0 atom stereocenters. The Morgan fingerprint density at radius 1 is 1.15 bits per heavy atom. The molecule has 0 unspecified atom stereocenters. The van der Waals surface area contributed by atoms with Crippen molar-refractivity contribution in [1.29, 1.82) is 0 Å². The van der Waals surface area contributed by atoms with Crippen LogP contribution in [0.15, 0.2) is 30.3 Å². The van der Waals surface area contributed by atoms with E-state index >= 15 is 0 Å². The summed E-state index contributed by atoms with van der Waals surface area (Å²) in [4.78, 5) is 2.43. The molecule has 0 N–H and O–H groups in total. The Hall–Kier alpha value is -1.65. The highest BCUT2D eigenvalue weighted by atomic mass is 16.5. The molecular formula is C16H21N3O. The van der Waals surface area contributed by atoms with Gasteiger partial charge in [0, 0.05) is 32.2 Å². The molecule has 0 aliphatic carbocycles. The van der Waals surface area contributed by atoms with Gasteiger partial charge in [-0.1, -0.05) is 30.3 Å². The summed E-state index contributed by atoms with van der Waals surface area (Å²) < 4.78 is 7.43. The average molecular weight is 271 g/mol. The predicted molar refractivity (Wildman–Crippen MR) is 79.5 cm³/mol. The van der Waals surface area contributed by atoms with Gasteiger partial charge in [0.05, 0.1) is 24.6 Å². The van der Waals surface area contributed by atoms with Gasteiger partial charge in [-0.15, -0.1) is 0 Å². The van der Waals surface area contributed by atoms with E-state index in [-0.39, 0.29) is 0 Å². The zero-order valence-electron chi connectivity index (χ0n) is 12.2. The van der Waals surface area contributed by atoms with Crippen molar-refractivity contribution in [3.63, 3.8) is 0 Å². The van der Waals surface area contributed by atoms with E-state index in [0.717, 1.165) is 38.5 Å². The van der Waals surface area contributed by atoms with Crippen LogP contribution in [0.5, 0.6) is 0 Å². The topological polar surface area (TPSA) is 30.3 Å². The van der Waals surface area contributed by atoms with Gasteiger partial charge in [0.2, 0.25) is 0 Å². The predicted octanol–water partition coefficient (Wildman–Crippen LogP) is 2.23. The van der Waals surface area contributed by atoms with Crippen LogP contribution in [0.1, 0.15) is 11.3 Å². The zero-order chi connectivity index (χ0) is 13.9. The van der Waals surface area contributed by atoms with Crippen LogP contribution >= 0.6 is 0 Å². The van der Waals surface area contributed by atoms with E-state index in [1.807, 2.05) is 17.8 Å². The highest BCUT2D eigenvalue weighted by Crippen LogP contribution is 2.25. The third-order valence-corrected chi connectivity index (χ3v) is 3.95. The van der Waals surface area contributed by atoms with Gasteiger partial charge in [0.15, 0.2) is 0 Å². The summed E-state index contributed by atoms with van der Waals surface area (Å²) in [6.45, 7) is 6.80. The van der Waals surface area contributed by atoms with E-state index in [1.165, 1.54) is 16.8 Å². The van der Waals surface area contributed by atoms with E-state index in [2.05, 4.69) is 36.1 Å². The second-order valence-electron chi connectivity index (χ2n) is 5.30. The standard InChI is InChI=1S/C16H21N3O/c1-13-15(12-19-8-10-20-11-9-19)18(2)17-16(13)14-6-4-3-5-7-14/h3-7H,8-12H2,1-2H3. The second kappa shape index (κ2) is 5.77. The largest absolute Gasteiger partial charge is 0.379 e. The minimum absolute atomic E-state index is 0.836. The molecule has 0 amide bonds. The zero-order valence-corrected chi connectivity index (χ0v) is 12.2. The van der Waals surface area contributed by atoms with Crippen LogP contribution in [-0.2, 0) is 18.3 Å². The molecule has 1 aromatic carbocycles. The van der Waals surface area contributed by atoms with Crippen LogP contribution in [-0.4, -0.2) is 41.0 Å². The molecule has 0 bridgehead atoms. The molecule has 4 nitrogen and oxygen atoms in total. The number of rotatable bonds is 3. The van der Waals surface area contributed by atoms with Crippen molar-refractivity contribution >= 4 is 0 Å². The van der Waals surface area contributed by atoms with Gasteiger partial charge < -0.3 is 4.74 Å². The lowest BCUT2D eigenvalue weighted by Crippen LogP contribution is -2.36. The number of nitrogens with zero attached hydrogens (tertiary/aromatic N) is 3. The van der Waals surface area contributed by atoms with Crippen molar-refractivity contribution in [2.24, 2.45) is 7.05 Å². The number of ether oxygens (including phenoxy) is 1. The van der Waals surface area contributed by atoms with Gasteiger partial charge in [-0.3, -0.25) is 9.58 Å². The first-order chi connectivity index (χ1) is 9.75. The Bertz CT molecular complexity index is 571. The summed E-state index contributed by atoms with van der Waals surface area (Å²) in [5, 5.41) is 4.70. The van der Waals surface area contributed by atoms with Gasteiger partial charge in [-0.25, -0.2) is 0 Å². The Kier molecular flexibility index (Phi) is 3.85. The first-order valence-electron chi connectivity index (χ1n) is 7.13. The SMILES string of the molecule is Cc1c(-c2ccccc2)nn(C)c1CN1CCOCC1. The van der Waals surface area contributed by atoms with Gasteiger partial charge in [0.1, 0.15) is 0 Å². The molecule has 1 aliphatic rings. The molecule has 1 aliphatic heterocycles. The lowest BCUT2D eigenvalue weighted by molar-refractivity contribution is 0.0331. The van der Waals surface area contributed by atoms with Crippen LogP contribution in [0, 0.1) is 6.92 Å². The van der Waals surface area contributed by atoms with E-state index < -0.39 is 0 Å². The number of aromatic nitrogens is 2. The summed E-state index contributed by atoms with van der Waals surface area (Å²) in [5.41, 5.74) is 4.86. The van der Waals surface area contributed by atoms with Crippen molar-refractivity contribution in [2.75, 3.05) is 26.3 Å². The van der Waals surface area contributed by atoms with Crippen molar-refractivity contribution in [3.8, 4) is 11.3 Å². The van der Waals surface area contributed by atoms with Crippen molar-refractivity contribution in [3.05, 3.63) is 41.6 Å². The van der Waals surface area contributed by atoms with Crippen LogP contribution in [0.25, 0.3) is 11.3 Å². The Morgan fingerprint density at radius 2 is 1.85 bits per heavy atom. The van der Waals surface area contributed by atoms with Gasteiger partial charge >= 0.3 is 0 Å². The summed E-state index contributed by atoms with van der Waals surface area (Å²) in [6, 6.07) is 10.4. The average Bonchev–Trinajstić information content (AvgIpc) is 2.77. The maximum Gasteiger partial charge on any atom is 0.0955 e. The van der Waals surface area contributed by atoms with Crippen molar-refractivity contribution < 1.29 is 4.74 Å². The molecule has 0 radical (unpaired) electrons. The Balaban J connectivity index is 1.87. The summed E-state index contributed by atoms with van der Waals surface area (Å²) in [7, 11) is 2.04. The summed E-state index contributed by atoms with van der Waals surface area (Å²) in [6.07, 6.45) is 0. The maximum atomic E-state index is 5.41. The summed E-state index contributed by atoms with van der Waals surface area (Å²) in [5.74, 6) is 0. The summed E-state index contributed by atoms with van der Waals surface area (Å²) >= 11 is 0. The fourth-order valence-electron chi connectivity index (χ4n) is 2.73. The second-order valence-corrected chi connectivity index (χ2v) is 5.30. The third-order valence-electron chi connectivity index (χ3n) is 3.95. The van der Waals surface area contributed by atoms with Crippen LogP contribution in [0.2, 0.25) is 0 Å². The molecule has 4 heteroatoms. The molecule has 3 rings (SSSR count). The van der Waals surface area contributed by atoms with Crippen LogP contribution in [0.4, 0.5) is 0 Å². The lowest BCUT2D eigenvalue weighted by atomic mass is 10.1. The third kappa shape index (κ3) is 2.62. The molecule has 20 heavy (non-hydrogen) atoms. The van der Waals surface area contributed by atoms with E-state index in [0.29, 0.717) is 0 Å². The molecular weight excluding hydrogens is 250 g/mol. The Morgan fingerprint density at radius 3 is 2.55 bits per heavy atom. The fraction of sp³-hybridized carbons (Fsp3) is 0.438. The molecule has 1 aromatic heterocycles. The van der Waals surface area contributed by atoms with E-state index in [1.54, 1.807) is 0 Å².